The Balaban J connectivity index is 1.93. The molecule has 3 N–H and O–H groups in total. The van der Waals surface area contributed by atoms with Crippen LogP contribution in [0.1, 0.15) is 29.6 Å². The van der Waals surface area contributed by atoms with E-state index in [1.54, 1.807) is 0 Å². The van der Waals surface area contributed by atoms with Crippen molar-refractivity contribution in [3.63, 3.8) is 0 Å². The number of amides is 1. The first-order valence-corrected chi connectivity index (χ1v) is 5.37. The standard InChI is InChI=1S/C12H16N2O/c13-10-6-7-11(8-10)14-12(15)9-4-2-1-3-5-9/h1-5,10-11H,6-8,13H2,(H,14,15). The van der Waals surface area contributed by atoms with Crippen LogP contribution in [-0.4, -0.2) is 18.0 Å². The maximum absolute atomic E-state index is 11.8. The average molecular weight is 204 g/mol. The molecule has 1 fully saturated rings. The van der Waals surface area contributed by atoms with Crippen molar-refractivity contribution < 1.29 is 4.79 Å². The average Bonchev–Trinajstić information content (AvgIpc) is 2.65. The molecule has 0 aromatic heterocycles. The van der Waals surface area contributed by atoms with Gasteiger partial charge in [0.1, 0.15) is 0 Å². The molecule has 1 aromatic carbocycles. The van der Waals surface area contributed by atoms with E-state index in [9.17, 15) is 4.79 Å². The van der Waals surface area contributed by atoms with E-state index in [1.165, 1.54) is 0 Å². The molecule has 1 aromatic rings. The third kappa shape index (κ3) is 2.57. The molecule has 15 heavy (non-hydrogen) atoms. The predicted molar refractivity (Wildman–Crippen MR) is 59.5 cm³/mol. The summed E-state index contributed by atoms with van der Waals surface area (Å²) in [6.07, 6.45) is 2.91. The van der Waals surface area contributed by atoms with E-state index in [0.29, 0.717) is 0 Å². The first kappa shape index (κ1) is 10.2. The Hall–Kier alpha value is -1.35. The van der Waals surface area contributed by atoms with Crippen LogP contribution in [0.2, 0.25) is 0 Å². The van der Waals surface area contributed by atoms with Gasteiger partial charge in [-0.3, -0.25) is 4.79 Å². The third-order valence-corrected chi connectivity index (χ3v) is 2.84. The summed E-state index contributed by atoms with van der Waals surface area (Å²) in [5.41, 5.74) is 6.51. The SMILES string of the molecule is NC1CCC(NC(=O)c2ccccc2)C1. The summed E-state index contributed by atoms with van der Waals surface area (Å²) in [6, 6.07) is 9.81. The molecule has 2 atom stereocenters. The number of benzene rings is 1. The molecule has 0 saturated heterocycles. The molecule has 3 nitrogen and oxygen atoms in total. The summed E-state index contributed by atoms with van der Waals surface area (Å²) in [5, 5.41) is 3.01. The molecule has 1 aliphatic rings. The summed E-state index contributed by atoms with van der Waals surface area (Å²) < 4.78 is 0. The van der Waals surface area contributed by atoms with E-state index >= 15 is 0 Å². The molecule has 0 aliphatic heterocycles. The van der Waals surface area contributed by atoms with Crippen molar-refractivity contribution in [1.82, 2.24) is 5.32 Å². The van der Waals surface area contributed by atoms with Crippen LogP contribution >= 0.6 is 0 Å². The Labute approximate surface area is 89.7 Å². The van der Waals surface area contributed by atoms with Gasteiger partial charge in [-0.1, -0.05) is 18.2 Å². The maximum atomic E-state index is 11.8. The van der Waals surface area contributed by atoms with E-state index in [-0.39, 0.29) is 18.0 Å². The van der Waals surface area contributed by atoms with Crippen molar-refractivity contribution in [2.75, 3.05) is 0 Å². The molecule has 3 heteroatoms. The van der Waals surface area contributed by atoms with Crippen molar-refractivity contribution in [2.24, 2.45) is 5.73 Å². The van der Waals surface area contributed by atoms with Crippen LogP contribution in [0, 0.1) is 0 Å². The third-order valence-electron chi connectivity index (χ3n) is 2.84. The molecule has 0 spiro atoms. The lowest BCUT2D eigenvalue weighted by Crippen LogP contribution is -2.33. The van der Waals surface area contributed by atoms with E-state index in [4.69, 9.17) is 5.73 Å². The quantitative estimate of drug-likeness (QED) is 0.762. The summed E-state index contributed by atoms with van der Waals surface area (Å²) in [4.78, 5) is 11.8. The molecule has 1 saturated carbocycles. The zero-order chi connectivity index (χ0) is 10.7. The largest absolute Gasteiger partial charge is 0.349 e. The highest BCUT2D eigenvalue weighted by Crippen LogP contribution is 2.17. The van der Waals surface area contributed by atoms with Crippen molar-refractivity contribution in [3.8, 4) is 0 Å². The molecule has 0 heterocycles. The van der Waals surface area contributed by atoms with Gasteiger partial charge in [-0.15, -0.1) is 0 Å². The molecule has 1 aliphatic carbocycles. The summed E-state index contributed by atoms with van der Waals surface area (Å²) >= 11 is 0. The Kier molecular flexibility index (Phi) is 3.02. The van der Waals surface area contributed by atoms with E-state index in [0.717, 1.165) is 24.8 Å². The van der Waals surface area contributed by atoms with E-state index in [1.807, 2.05) is 30.3 Å². The highest BCUT2D eigenvalue weighted by molar-refractivity contribution is 5.94. The Morgan fingerprint density at radius 1 is 1.27 bits per heavy atom. The fraction of sp³-hybridized carbons (Fsp3) is 0.417. The van der Waals surface area contributed by atoms with Crippen molar-refractivity contribution in [3.05, 3.63) is 35.9 Å². The van der Waals surface area contributed by atoms with Gasteiger partial charge in [0.15, 0.2) is 0 Å². The molecule has 0 radical (unpaired) electrons. The number of carbonyl (C=O) groups is 1. The van der Waals surface area contributed by atoms with Gasteiger partial charge in [-0.25, -0.2) is 0 Å². The fourth-order valence-electron chi connectivity index (χ4n) is 2.01. The van der Waals surface area contributed by atoms with Crippen LogP contribution < -0.4 is 11.1 Å². The lowest BCUT2D eigenvalue weighted by molar-refractivity contribution is 0.0937. The topological polar surface area (TPSA) is 55.1 Å². The second-order valence-corrected chi connectivity index (χ2v) is 4.11. The molecule has 2 unspecified atom stereocenters. The van der Waals surface area contributed by atoms with Crippen LogP contribution in [0.5, 0.6) is 0 Å². The number of rotatable bonds is 2. The Morgan fingerprint density at radius 2 is 2.00 bits per heavy atom. The van der Waals surface area contributed by atoms with Gasteiger partial charge < -0.3 is 11.1 Å². The zero-order valence-electron chi connectivity index (χ0n) is 8.65. The van der Waals surface area contributed by atoms with E-state index in [2.05, 4.69) is 5.32 Å². The monoisotopic (exact) mass is 204 g/mol. The van der Waals surface area contributed by atoms with Crippen molar-refractivity contribution in [1.29, 1.82) is 0 Å². The lowest BCUT2D eigenvalue weighted by Gasteiger charge is -2.12. The minimum atomic E-state index is 0.00898. The highest BCUT2D eigenvalue weighted by Gasteiger charge is 2.23. The smallest absolute Gasteiger partial charge is 0.251 e. The Bertz CT molecular complexity index is 337. The number of hydrogen-bond acceptors (Lipinski definition) is 2. The highest BCUT2D eigenvalue weighted by atomic mass is 16.1. The second kappa shape index (κ2) is 4.45. The van der Waals surface area contributed by atoms with Gasteiger partial charge >= 0.3 is 0 Å². The summed E-state index contributed by atoms with van der Waals surface area (Å²) in [7, 11) is 0. The lowest BCUT2D eigenvalue weighted by atomic mass is 10.2. The molecular formula is C12H16N2O. The second-order valence-electron chi connectivity index (χ2n) is 4.11. The number of nitrogens with two attached hydrogens (primary N) is 1. The maximum Gasteiger partial charge on any atom is 0.251 e. The normalized spacial score (nSPS) is 25.1. The van der Waals surface area contributed by atoms with Gasteiger partial charge in [0.2, 0.25) is 0 Å². The van der Waals surface area contributed by atoms with Crippen LogP contribution in [0.25, 0.3) is 0 Å². The van der Waals surface area contributed by atoms with Gasteiger partial charge in [0.25, 0.3) is 5.91 Å². The van der Waals surface area contributed by atoms with Crippen molar-refractivity contribution >= 4 is 5.91 Å². The molecule has 2 rings (SSSR count). The van der Waals surface area contributed by atoms with Gasteiger partial charge in [-0.2, -0.15) is 0 Å². The number of nitrogens with one attached hydrogen (secondary N) is 1. The molecule has 1 amide bonds. The minimum absolute atomic E-state index is 0.00898. The number of hydrogen-bond donors (Lipinski definition) is 2. The Morgan fingerprint density at radius 3 is 2.60 bits per heavy atom. The van der Waals surface area contributed by atoms with Gasteiger partial charge in [-0.05, 0) is 31.4 Å². The van der Waals surface area contributed by atoms with Crippen LogP contribution in [-0.2, 0) is 0 Å². The predicted octanol–water partition coefficient (Wildman–Crippen LogP) is 1.30. The fourth-order valence-corrected chi connectivity index (χ4v) is 2.01. The number of carbonyl (C=O) groups excluding carboxylic acids is 1. The van der Waals surface area contributed by atoms with Crippen molar-refractivity contribution in [2.45, 2.75) is 31.3 Å². The first-order valence-electron chi connectivity index (χ1n) is 5.37. The zero-order valence-corrected chi connectivity index (χ0v) is 8.65. The molecular weight excluding hydrogens is 188 g/mol. The van der Waals surface area contributed by atoms with Crippen LogP contribution in [0.4, 0.5) is 0 Å². The van der Waals surface area contributed by atoms with Gasteiger partial charge in [0, 0.05) is 17.6 Å². The molecule has 80 valence electrons. The summed E-state index contributed by atoms with van der Waals surface area (Å²) in [6.45, 7) is 0. The molecule has 0 bridgehead atoms. The summed E-state index contributed by atoms with van der Waals surface area (Å²) in [5.74, 6) is 0.00898. The van der Waals surface area contributed by atoms with Gasteiger partial charge in [0.05, 0.1) is 0 Å². The van der Waals surface area contributed by atoms with Crippen LogP contribution in [0.3, 0.4) is 0 Å². The van der Waals surface area contributed by atoms with E-state index < -0.39 is 0 Å². The van der Waals surface area contributed by atoms with Crippen LogP contribution in [0.15, 0.2) is 30.3 Å². The minimum Gasteiger partial charge on any atom is -0.349 e. The first-order chi connectivity index (χ1) is 7.25.